The molecule has 0 aliphatic carbocycles. The van der Waals surface area contributed by atoms with Crippen molar-refractivity contribution in [3.05, 3.63) is 72.4 Å². The second kappa shape index (κ2) is 8.08. The Morgan fingerprint density at radius 2 is 1.71 bits per heavy atom. The molecule has 2 heterocycles. The van der Waals surface area contributed by atoms with E-state index in [0.29, 0.717) is 18.7 Å². The Kier molecular flexibility index (Phi) is 5.19. The van der Waals surface area contributed by atoms with Gasteiger partial charge in [-0.3, -0.25) is 9.78 Å². The van der Waals surface area contributed by atoms with Crippen LogP contribution in [0.25, 0.3) is 10.9 Å². The number of fused-ring (bicyclic) bond motifs is 1. The third-order valence-corrected chi connectivity index (χ3v) is 5.03. The molecule has 0 saturated carbocycles. The molecular weight excluding hydrogens is 352 g/mol. The number of carbonyl (C=O) groups excluding carboxylic acids is 2. The molecule has 1 aromatic heterocycles. The third kappa shape index (κ3) is 3.96. The SMILES string of the molecule is O=C(NC1CCN(C(=O)Nc2ccccc2)CC1)c1cccc2ncccc12. The Hall–Kier alpha value is -3.41. The number of amides is 3. The molecule has 0 radical (unpaired) electrons. The fourth-order valence-electron chi connectivity index (χ4n) is 3.52. The van der Waals surface area contributed by atoms with Gasteiger partial charge in [-0.25, -0.2) is 4.79 Å². The quantitative estimate of drug-likeness (QED) is 0.735. The smallest absolute Gasteiger partial charge is 0.321 e. The molecule has 6 heteroatoms. The number of rotatable bonds is 3. The van der Waals surface area contributed by atoms with Gasteiger partial charge in [-0.2, -0.15) is 0 Å². The predicted octanol–water partition coefficient (Wildman–Crippen LogP) is 3.66. The van der Waals surface area contributed by atoms with Gasteiger partial charge in [0.25, 0.3) is 5.91 Å². The maximum absolute atomic E-state index is 12.8. The van der Waals surface area contributed by atoms with Gasteiger partial charge in [-0.15, -0.1) is 0 Å². The summed E-state index contributed by atoms with van der Waals surface area (Å²) in [6.45, 7) is 1.22. The van der Waals surface area contributed by atoms with Gasteiger partial charge in [0.05, 0.1) is 5.52 Å². The van der Waals surface area contributed by atoms with Crippen LogP contribution in [0.3, 0.4) is 0 Å². The number of para-hydroxylation sites is 1. The van der Waals surface area contributed by atoms with Crippen molar-refractivity contribution in [3.8, 4) is 0 Å². The first kappa shape index (κ1) is 18.0. The fourth-order valence-corrected chi connectivity index (χ4v) is 3.52. The highest BCUT2D eigenvalue weighted by molar-refractivity contribution is 6.06. The van der Waals surface area contributed by atoms with Gasteiger partial charge in [0.2, 0.25) is 0 Å². The first-order valence-corrected chi connectivity index (χ1v) is 9.46. The van der Waals surface area contributed by atoms with Gasteiger partial charge in [0.15, 0.2) is 0 Å². The number of nitrogens with zero attached hydrogens (tertiary/aromatic N) is 2. The van der Waals surface area contributed by atoms with E-state index < -0.39 is 0 Å². The molecule has 1 saturated heterocycles. The van der Waals surface area contributed by atoms with Crippen LogP contribution in [0.4, 0.5) is 10.5 Å². The van der Waals surface area contributed by atoms with Gasteiger partial charge in [0, 0.05) is 42.0 Å². The molecule has 0 spiro atoms. The van der Waals surface area contributed by atoms with Crippen molar-refractivity contribution in [2.75, 3.05) is 18.4 Å². The van der Waals surface area contributed by atoms with E-state index in [1.165, 1.54) is 0 Å². The predicted molar refractivity (Wildman–Crippen MR) is 109 cm³/mol. The zero-order chi connectivity index (χ0) is 19.3. The normalized spacial score (nSPS) is 14.6. The maximum Gasteiger partial charge on any atom is 0.321 e. The van der Waals surface area contributed by atoms with Crippen molar-refractivity contribution >= 4 is 28.5 Å². The lowest BCUT2D eigenvalue weighted by molar-refractivity contribution is 0.0921. The first-order chi connectivity index (χ1) is 13.7. The standard InChI is InChI=1S/C22H22N4O2/c27-21(19-8-4-10-20-18(19)9-5-13-23-20)24-17-11-14-26(15-12-17)22(28)25-16-6-2-1-3-7-16/h1-10,13,17H,11-12,14-15H2,(H,24,27)(H,25,28). The Morgan fingerprint density at radius 3 is 2.50 bits per heavy atom. The maximum atomic E-state index is 12.8. The van der Waals surface area contributed by atoms with Crippen LogP contribution in [0.5, 0.6) is 0 Å². The lowest BCUT2D eigenvalue weighted by atomic mass is 10.0. The molecule has 3 aromatic rings. The lowest BCUT2D eigenvalue weighted by Crippen LogP contribution is -2.47. The zero-order valence-corrected chi connectivity index (χ0v) is 15.5. The topological polar surface area (TPSA) is 74.3 Å². The van der Waals surface area contributed by atoms with E-state index in [4.69, 9.17) is 0 Å². The number of piperidine rings is 1. The molecule has 4 rings (SSSR count). The van der Waals surface area contributed by atoms with E-state index in [2.05, 4.69) is 15.6 Å². The minimum atomic E-state index is -0.101. The van der Waals surface area contributed by atoms with Gasteiger partial charge in [0.1, 0.15) is 0 Å². The molecule has 2 aromatic carbocycles. The molecule has 2 N–H and O–H groups in total. The second-order valence-corrected chi connectivity index (χ2v) is 6.91. The largest absolute Gasteiger partial charge is 0.349 e. The summed E-state index contributed by atoms with van der Waals surface area (Å²) in [4.78, 5) is 31.2. The number of benzene rings is 2. The van der Waals surface area contributed by atoms with Crippen molar-refractivity contribution < 1.29 is 9.59 Å². The van der Waals surface area contributed by atoms with Crippen molar-refractivity contribution in [2.45, 2.75) is 18.9 Å². The monoisotopic (exact) mass is 374 g/mol. The molecule has 0 unspecified atom stereocenters. The van der Waals surface area contributed by atoms with Gasteiger partial charge < -0.3 is 15.5 Å². The molecule has 3 amide bonds. The second-order valence-electron chi connectivity index (χ2n) is 6.91. The molecule has 1 fully saturated rings. The highest BCUT2D eigenvalue weighted by atomic mass is 16.2. The average Bonchev–Trinajstić information content (AvgIpc) is 2.74. The molecule has 1 aliphatic heterocycles. The van der Waals surface area contributed by atoms with Crippen LogP contribution in [0.15, 0.2) is 66.9 Å². The van der Waals surface area contributed by atoms with Crippen LogP contribution in [0.1, 0.15) is 23.2 Å². The molecule has 6 nitrogen and oxygen atoms in total. The van der Waals surface area contributed by atoms with Crippen LogP contribution in [0, 0.1) is 0 Å². The van der Waals surface area contributed by atoms with Crippen molar-refractivity contribution in [1.82, 2.24) is 15.2 Å². The highest BCUT2D eigenvalue weighted by Gasteiger charge is 2.24. The number of likely N-dealkylation sites (tertiary alicyclic amines) is 1. The lowest BCUT2D eigenvalue weighted by Gasteiger charge is -2.32. The highest BCUT2D eigenvalue weighted by Crippen LogP contribution is 2.18. The number of urea groups is 1. The van der Waals surface area contributed by atoms with E-state index in [9.17, 15) is 9.59 Å². The van der Waals surface area contributed by atoms with Crippen LogP contribution in [-0.4, -0.2) is 41.0 Å². The summed E-state index contributed by atoms with van der Waals surface area (Å²) >= 11 is 0. The van der Waals surface area contributed by atoms with Crippen molar-refractivity contribution in [3.63, 3.8) is 0 Å². The Labute approximate surface area is 163 Å². The average molecular weight is 374 g/mol. The van der Waals surface area contributed by atoms with Crippen LogP contribution >= 0.6 is 0 Å². The van der Waals surface area contributed by atoms with Crippen molar-refractivity contribution in [1.29, 1.82) is 0 Å². The van der Waals surface area contributed by atoms with Gasteiger partial charge >= 0.3 is 6.03 Å². The summed E-state index contributed by atoms with van der Waals surface area (Å²) in [5.74, 6) is -0.0919. The number of aromatic nitrogens is 1. The van der Waals surface area contributed by atoms with E-state index >= 15 is 0 Å². The zero-order valence-electron chi connectivity index (χ0n) is 15.5. The van der Waals surface area contributed by atoms with Crippen LogP contribution in [0.2, 0.25) is 0 Å². The summed E-state index contributed by atoms with van der Waals surface area (Å²) in [6.07, 6.45) is 3.19. The minimum Gasteiger partial charge on any atom is -0.349 e. The molecule has 1 aliphatic rings. The number of hydrogen-bond acceptors (Lipinski definition) is 3. The third-order valence-electron chi connectivity index (χ3n) is 5.03. The number of anilines is 1. The number of carbonyl (C=O) groups is 2. The van der Waals surface area contributed by atoms with Crippen LogP contribution in [-0.2, 0) is 0 Å². The molecular formula is C22H22N4O2. The number of nitrogens with one attached hydrogen (secondary N) is 2. The summed E-state index contributed by atoms with van der Waals surface area (Å²) in [5.41, 5.74) is 2.23. The molecule has 142 valence electrons. The van der Waals surface area contributed by atoms with E-state index in [1.54, 1.807) is 11.1 Å². The molecule has 28 heavy (non-hydrogen) atoms. The van der Waals surface area contributed by atoms with Gasteiger partial charge in [-0.05, 0) is 43.2 Å². The Balaban J connectivity index is 1.34. The summed E-state index contributed by atoms with van der Waals surface area (Å²) in [5, 5.41) is 6.87. The number of hydrogen-bond donors (Lipinski definition) is 2. The van der Waals surface area contributed by atoms with Gasteiger partial charge in [-0.1, -0.05) is 30.3 Å². The van der Waals surface area contributed by atoms with E-state index in [-0.39, 0.29) is 18.0 Å². The fraction of sp³-hybridized carbons (Fsp3) is 0.227. The molecule has 0 atom stereocenters. The Morgan fingerprint density at radius 1 is 0.929 bits per heavy atom. The summed E-state index contributed by atoms with van der Waals surface area (Å²) in [6, 6.07) is 18.7. The minimum absolute atomic E-state index is 0.0557. The number of pyridine rings is 1. The van der Waals surface area contributed by atoms with E-state index in [0.717, 1.165) is 29.4 Å². The van der Waals surface area contributed by atoms with Crippen molar-refractivity contribution in [2.24, 2.45) is 0 Å². The van der Waals surface area contributed by atoms with Crippen LogP contribution < -0.4 is 10.6 Å². The summed E-state index contributed by atoms with van der Waals surface area (Å²) < 4.78 is 0. The Bertz CT molecular complexity index is 977. The molecule has 0 bridgehead atoms. The van der Waals surface area contributed by atoms with E-state index in [1.807, 2.05) is 60.7 Å². The summed E-state index contributed by atoms with van der Waals surface area (Å²) in [7, 11) is 0. The first-order valence-electron chi connectivity index (χ1n) is 9.46.